The lowest BCUT2D eigenvalue weighted by Crippen LogP contribution is -2.56. The maximum absolute atomic E-state index is 13.7. The fraction of sp³-hybridized carbons (Fsp3) is 0.324. The Hall–Kier alpha value is -5.57. The van der Waals surface area contributed by atoms with Crippen molar-refractivity contribution in [3.05, 3.63) is 88.1 Å². The molecular weight excluding hydrogens is 652 g/mol. The summed E-state index contributed by atoms with van der Waals surface area (Å²) in [7, 11) is 0. The van der Waals surface area contributed by atoms with Crippen molar-refractivity contribution in [3.63, 3.8) is 0 Å². The zero-order valence-electron chi connectivity index (χ0n) is 26.5. The fourth-order valence-corrected chi connectivity index (χ4v) is 5.80. The molecule has 15 heteroatoms. The summed E-state index contributed by atoms with van der Waals surface area (Å²) in [5.41, 5.74) is 1.91. The largest absolute Gasteiger partial charge is 0.480 e. The Morgan fingerprint density at radius 1 is 0.796 bits per heavy atom. The highest BCUT2D eigenvalue weighted by atomic mass is 32.1. The molecule has 258 valence electrons. The third-order valence-electron chi connectivity index (χ3n) is 7.58. The number of anilines is 1. The highest BCUT2D eigenvalue weighted by Gasteiger charge is 2.28. The van der Waals surface area contributed by atoms with E-state index in [2.05, 4.69) is 31.9 Å². The van der Waals surface area contributed by atoms with Crippen LogP contribution in [0.5, 0.6) is 0 Å². The lowest BCUT2D eigenvalue weighted by molar-refractivity contribution is -0.138. The van der Waals surface area contributed by atoms with E-state index < -0.39 is 72.6 Å². The molecule has 14 nitrogen and oxygen atoms in total. The van der Waals surface area contributed by atoms with Crippen LogP contribution in [0.2, 0.25) is 0 Å². The Balaban J connectivity index is 1.59. The summed E-state index contributed by atoms with van der Waals surface area (Å²) in [5.74, 6) is -5.00. The molecule has 3 aromatic rings. The Morgan fingerprint density at radius 2 is 1.51 bits per heavy atom. The number of carbonyl (C=O) groups is 7. The van der Waals surface area contributed by atoms with E-state index in [1.165, 1.54) is 11.3 Å². The van der Waals surface area contributed by atoms with Gasteiger partial charge in [-0.2, -0.15) is 0 Å². The molecule has 1 aromatic heterocycles. The van der Waals surface area contributed by atoms with Gasteiger partial charge in [0.05, 0.1) is 6.54 Å². The van der Waals surface area contributed by atoms with Gasteiger partial charge in [0.25, 0.3) is 0 Å². The summed E-state index contributed by atoms with van der Waals surface area (Å²) in [5, 5.41) is 26.4. The number of fused-ring (bicyclic) bond motifs is 18. The molecule has 0 unspecified atom stereocenters. The molecule has 2 aromatic carbocycles. The van der Waals surface area contributed by atoms with Crippen LogP contribution in [0, 0.1) is 0 Å². The third kappa shape index (κ3) is 12.2. The molecule has 0 aliphatic carbocycles. The molecule has 49 heavy (non-hydrogen) atoms. The van der Waals surface area contributed by atoms with E-state index in [1.54, 1.807) is 36.4 Å². The summed E-state index contributed by atoms with van der Waals surface area (Å²) in [6, 6.07) is 15.9. The van der Waals surface area contributed by atoms with E-state index in [9.17, 15) is 33.6 Å². The second-order valence-corrected chi connectivity index (χ2v) is 12.4. The van der Waals surface area contributed by atoms with Crippen LogP contribution in [-0.4, -0.2) is 77.7 Å². The third-order valence-corrected chi connectivity index (χ3v) is 8.48. The first kappa shape index (κ1) is 36.3. The second kappa shape index (κ2) is 18.1. The van der Waals surface area contributed by atoms with Crippen LogP contribution >= 0.6 is 11.3 Å². The molecule has 2 bridgehead atoms. The quantitative estimate of drug-likeness (QED) is 0.167. The van der Waals surface area contributed by atoms with E-state index in [-0.39, 0.29) is 32.1 Å². The minimum Gasteiger partial charge on any atom is -0.480 e. The number of amides is 6. The smallest absolute Gasteiger partial charge is 0.322 e. The van der Waals surface area contributed by atoms with Crippen molar-refractivity contribution in [2.24, 2.45) is 0 Å². The first-order valence-corrected chi connectivity index (χ1v) is 16.5. The number of carbonyl (C=O) groups excluding carboxylic acids is 6. The molecule has 3 heterocycles. The van der Waals surface area contributed by atoms with Gasteiger partial charge in [0.2, 0.25) is 35.4 Å². The average Bonchev–Trinajstić information content (AvgIpc) is 3.60. The number of hydrogen-bond acceptors (Lipinski definition) is 8. The van der Waals surface area contributed by atoms with Gasteiger partial charge in [-0.15, -0.1) is 11.3 Å². The number of carboxylic acid groups (broad SMARTS) is 1. The van der Waals surface area contributed by atoms with Gasteiger partial charge in [-0.3, -0.25) is 33.6 Å². The number of benzene rings is 2. The van der Waals surface area contributed by atoms with Gasteiger partial charge in [-0.1, -0.05) is 48.5 Å². The topological polar surface area (TPSA) is 212 Å². The monoisotopic (exact) mass is 690 g/mol. The molecule has 2 aliphatic heterocycles. The number of aryl methyl sites for hydroxylation is 1. The Bertz CT molecular complexity index is 1630. The number of carboxylic acids is 1. The van der Waals surface area contributed by atoms with Gasteiger partial charge in [-0.25, -0.2) is 0 Å². The normalized spacial score (nSPS) is 19.7. The van der Waals surface area contributed by atoms with E-state index >= 15 is 0 Å². The molecule has 7 N–H and O–H groups in total. The second-order valence-electron chi connectivity index (χ2n) is 11.4. The van der Waals surface area contributed by atoms with Crippen LogP contribution < -0.4 is 31.9 Å². The molecule has 6 amide bonds. The van der Waals surface area contributed by atoms with Crippen molar-refractivity contribution in [2.45, 2.75) is 56.7 Å². The zero-order valence-corrected chi connectivity index (χ0v) is 27.3. The standard InChI is InChI=1S/C34H38N6O8S/c41-28-14-15-29(42)39-27(18-24-7-4-16-49-24)33(47)35-19-30(43)38-25(13-10-21-5-2-1-3-6-21)34(48)40-26(32(46)36-20-31(44)45)17-22-8-11-23(37-28)12-9-22/h1-9,11-12,16,25-27H,10,13-15,17-20H2,(H,35,47)(H,36,46)(H,37,41)(H,38,43)(H,39,42)(H,40,48)(H,44,45)/t25-,26+,27-/m1/s1. The van der Waals surface area contributed by atoms with E-state index in [0.29, 0.717) is 17.7 Å². The fourth-order valence-electron chi connectivity index (χ4n) is 5.04. The molecular formula is C34H38N6O8S. The molecule has 0 spiro atoms. The van der Waals surface area contributed by atoms with Crippen LogP contribution in [0.25, 0.3) is 0 Å². The first-order chi connectivity index (χ1) is 23.5. The van der Waals surface area contributed by atoms with Gasteiger partial charge in [-0.05, 0) is 47.5 Å². The lowest BCUT2D eigenvalue weighted by Gasteiger charge is -2.24. The summed E-state index contributed by atoms with van der Waals surface area (Å²) >= 11 is 1.39. The average molecular weight is 691 g/mol. The van der Waals surface area contributed by atoms with Gasteiger partial charge in [0, 0.05) is 36.2 Å². The Labute approximate surface area is 286 Å². The highest BCUT2D eigenvalue weighted by molar-refractivity contribution is 7.09. The minimum atomic E-state index is -1.27. The van der Waals surface area contributed by atoms with E-state index in [0.717, 1.165) is 10.4 Å². The van der Waals surface area contributed by atoms with Crippen molar-refractivity contribution in [1.29, 1.82) is 0 Å². The van der Waals surface area contributed by atoms with Crippen LogP contribution in [0.4, 0.5) is 5.69 Å². The molecule has 3 atom stereocenters. The predicted molar refractivity (Wildman–Crippen MR) is 180 cm³/mol. The summed E-state index contributed by atoms with van der Waals surface area (Å²) < 4.78 is 0. The Kier molecular flexibility index (Phi) is 13.4. The SMILES string of the molecule is O=C(O)CNC(=O)[C@@H]1Cc2ccc(cc2)NC(=O)CCC(=O)N[C@H](Cc2cccs2)C(=O)NCC(=O)N[C@H](CCc2ccccc2)C(=O)N1. The number of aliphatic carboxylic acids is 1. The van der Waals surface area contributed by atoms with Crippen molar-refractivity contribution in [2.75, 3.05) is 18.4 Å². The summed E-state index contributed by atoms with van der Waals surface area (Å²) in [4.78, 5) is 90.4. The van der Waals surface area contributed by atoms with Crippen LogP contribution in [0.3, 0.4) is 0 Å². The van der Waals surface area contributed by atoms with Crippen molar-refractivity contribution < 1.29 is 38.7 Å². The molecule has 0 radical (unpaired) electrons. The molecule has 2 aliphatic rings. The number of nitrogens with one attached hydrogen (secondary N) is 6. The maximum atomic E-state index is 13.7. The van der Waals surface area contributed by atoms with Gasteiger partial charge < -0.3 is 37.0 Å². The zero-order chi connectivity index (χ0) is 35.2. The highest BCUT2D eigenvalue weighted by Crippen LogP contribution is 2.14. The first-order valence-electron chi connectivity index (χ1n) is 15.7. The molecule has 0 saturated carbocycles. The summed E-state index contributed by atoms with van der Waals surface area (Å²) in [6.07, 6.45) is 0.303. The van der Waals surface area contributed by atoms with Crippen molar-refractivity contribution in [1.82, 2.24) is 26.6 Å². The number of hydrogen-bond donors (Lipinski definition) is 7. The van der Waals surface area contributed by atoms with Crippen molar-refractivity contribution >= 4 is 58.4 Å². The van der Waals surface area contributed by atoms with Crippen LogP contribution in [0.1, 0.15) is 35.3 Å². The predicted octanol–water partition coefficient (Wildman–Crippen LogP) is 0.670. The van der Waals surface area contributed by atoms with Gasteiger partial charge in [0.15, 0.2) is 0 Å². The van der Waals surface area contributed by atoms with Gasteiger partial charge >= 0.3 is 5.97 Å². The minimum absolute atomic E-state index is 0.0351. The molecule has 0 saturated heterocycles. The van der Waals surface area contributed by atoms with Crippen LogP contribution in [0.15, 0.2) is 72.1 Å². The van der Waals surface area contributed by atoms with Gasteiger partial charge in [0.1, 0.15) is 24.7 Å². The van der Waals surface area contributed by atoms with Crippen molar-refractivity contribution in [3.8, 4) is 0 Å². The number of rotatable bonds is 8. The summed E-state index contributed by atoms with van der Waals surface area (Å²) in [6.45, 7) is -1.18. The Morgan fingerprint density at radius 3 is 2.20 bits per heavy atom. The number of thiophene rings is 1. The van der Waals surface area contributed by atoms with E-state index in [4.69, 9.17) is 5.11 Å². The maximum Gasteiger partial charge on any atom is 0.322 e. The molecule has 5 rings (SSSR count). The molecule has 0 fully saturated rings. The van der Waals surface area contributed by atoms with E-state index in [1.807, 2.05) is 35.7 Å². The lowest BCUT2D eigenvalue weighted by atomic mass is 10.0. The van der Waals surface area contributed by atoms with Crippen LogP contribution in [-0.2, 0) is 52.8 Å².